The minimum atomic E-state index is -1.71. The fourth-order valence-electron chi connectivity index (χ4n) is 13.1. The molecule has 3 N–H and O–H groups in total. The van der Waals surface area contributed by atoms with Crippen LogP contribution in [0, 0.1) is 19.7 Å². The van der Waals surface area contributed by atoms with Crippen LogP contribution >= 0.6 is 69.6 Å². The number of anilines is 6. The first kappa shape index (κ1) is 72.6. The van der Waals surface area contributed by atoms with E-state index in [-0.39, 0.29) is 18.1 Å². The van der Waals surface area contributed by atoms with Crippen LogP contribution in [0.4, 0.5) is 65.6 Å². The van der Waals surface area contributed by atoms with Gasteiger partial charge in [0.1, 0.15) is 0 Å². The molecule has 0 spiro atoms. The molecule has 3 fully saturated rings. The van der Waals surface area contributed by atoms with Crippen molar-refractivity contribution in [3.05, 3.63) is 299 Å². The quantitative estimate of drug-likeness (QED) is 0.0730. The molecule has 504 valence electrons. The second-order valence-corrected chi connectivity index (χ2v) is 26.6. The Hall–Kier alpha value is -9.12. The summed E-state index contributed by atoms with van der Waals surface area (Å²) in [4.78, 5) is 61.6. The Bertz CT molecular complexity index is 4030. The van der Waals surface area contributed by atoms with Crippen LogP contribution in [0.25, 0.3) is 14.5 Å². The maximum Gasteiger partial charge on any atom is 0.332 e. The molecule has 3 saturated heterocycles. The van der Waals surface area contributed by atoms with Crippen molar-refractivity contribution in [3.63, 3.8) is 0 Å². The number of carbonyl (C=O) groups is 3. The van der Waals surface area contributed by atoms with Gasteiger partial charge in [-0.25, -0.2) is 28.9 Å². The minimum Gasteiger partial charge on any atom is -0.365 e. The molecule has 4 unspecified atom stereocenters. The van der Waals surface area contributed by atoms with Gasteiger partial charge in [-0.2, -0.15) is 0 Å². The van der Waals surface area contributed by atoms with Gasteiger partial charge in [0.2, 0.25) is 0 Å². The maximum atomic E-state index is 14.0. The van der Waals surface area contributed by atoms with Crippen molar-refractivity contribution in [1.29, 1.82) is 0 Å². The maximum absolute atomic E-state index is 14.0. The number of amides is 6. The normalized spacial score (nSPS) is 20.2. The lowest BCUT2D eigenvalue weighted by molar-refractivity contribution is 0.0283. The molecule has 3 heterocycles. The molecule has 9 aromatic carbocycles. The summed E-state index contributed by atoms with van der Waals surface area (Å²) < 4.78 is 0. The number of carbonyl (C=O) groups excluding carboxylic acids is 3. The van der Waals surface area contributed by atoms with Gasteiger partial charge in [-0.1, -0.05) is 183 Å². The first-order valence-electron chi connectivity index (χ1n) is 32.2. The predicted octanol–water partition coefficient (Wildman–Crippen LogP) is 22.2. The molecule has 0 saturated carbocycles. The molecular formula is C78H69Cl6N9O6. The Morgan fingerprint density at radius 3 is 0.727 bits per heavy atom. The molecular weight excluding hydrogens is 1370 g/mol. The largest absolute Gasteiger partial charge is 0.365 e. The van der Waals surface area contributed by atoms with Gasteiger partial charge in [0.15, 0.2) is 34.2 Å². The summed E-state index contributed by atoms with van der Waals surface area (Å²) in [6.07, 6.45) is 6.81. The third kappa shape index (κ3) is 14.8. The molecule has 6 amide bonds. The van der Waals surface area contributed by atoms with E-state index >= 15 is 0 Å². The third-order valence-electron chi connectivity index (χ3n) is 17.8. The van der Waals surface area contributed by atoms with Gasteiger partial charge in [-0.15, -0.1) is 0 Å². The fourth-order valence-corrected chi connectivity index (χ4v) is 13.8. The summed E-state index contributed by atoms with van der Waals surface area (Å²) in [5.41, 5.74) is 0.960. The molecule has 21 heteroatoms. The minimum absolute atomic E-state index is 0.364. The molecule has 3 aliphatic rings. The number of hydrogen-bond donors (Lipinski definition) is 3. The van der Waals surface area contributed by atoms with E-state index in [1.54, 1.807) is 233 Å². The predicted molar refractivity (Wildman–Crippen MR) is 400 cm³/mol. The number of nitrogens with zero attached hydrogens (tertiary/aromatic N) is 9. The summed E-state index contributed by atoms with van der Waals surface area (Å²) in [5.74, 6) is 0. The van der Waals surface area contributed by atoms with E-state index in [0.717, 1.165) is 38.5 Å². The van der Waals surface area contributed by atoms with E-state index in [4.69, 9.17) is 89.3 Å². The molecule has 0 bridgehead atoms. The average molecular weight is 1440 g/mol. The Balaban J connectivity index is 0.000000161. The first-order chi connectivity index (χ1) is 47.7. The molecule has 15 nitrogen and oxygen atoms in total. The van der Waals surface area contributed by atoms with Gasteiger partial charge in [0.25, 0.3) is 0 Å². The van der Waals surface area contributed by atoms with Gasteiger partial charge >= 0.3 is 18.1 Å². The monoisotopic (exact) mass is 1440 g/mol. The standard InChI is InChI=1S/3C26H23Cl2N3O2/c3*1-3-4-8-24-26(33,18-6-5-7-21(17-18)29-2)31(23-15-11-20(28)12-16-23)25(32)30(24)22-13-9-19(27)10-14-22/h3*5-7,9-17,24,33H,3-4,8H2,1H3/t2*24-,26?;/m10./s1. The lowest BCUT2D eigenvalue weighted by atomic mass is 9.89. The van der Waals surface area contributed by atoms with Crippen molar-refractivity contribution < 1.29 is 29.7 Å². The van der Waals surface area contributed by atoms with Crippen LogP contribution in [0.3, 0.4) is 0 Å². The number of hydrogen-bond acceptors (Lipinski definition) is 6. The highest BCUT2D eigenvalue weighted by molar-refractivity contribution is 6.32. The highest BCUT2D eigenvalue weighted by Gasteiger charge is 2.61. The van der Waals surface area contributed by atoms with E-state index in [1.165, 1.54) is 14.7 Å². The van der Waals surface area contributed by atoms with Crippen molar-refractivity contribution in [3.8, 4) is 0 Å². The van der Waals surface area contributed by atoms with Crippen molar-refractivity contribution in [2.75, 3.05) is 29.4 Å². The first-order valence-corrected chi connectivity index (χ1v) is 34.5. The number of halogens is 6. The zero-order valence-corrected chi connectivity index (χ0v) is 58.8. The van der Waals surface area contributed by atoms with Crippen LogP contribution in [0.2, 0.25) is 30.1 Å². The van der Waals surface area contributed by atoms with Crippen LogP contribution in [0.1, 0.15) is 95.2 Å². The lowest BCUT2D eigenvalue weighted by Gasteiger charge is -2.37. The summed E-state index contributed by atoms with van der Waals surface area (Å²) in [6, 6.07) is 59.0. The summed E-state index contributed by atoms with van der Waals surface area (Å²) >= 11 is 36.6. The van der Waals surface area contributed by atoms with Crippen molar-refractivity contribution in [1.82, 2.24) is 0 Å². The smallest absolute Gasteiger partial charge is 0.332 e. The second-order valence-electron chi connectivity index (χ2n) is 24.0. The summed E-state index contributed by atoms with van der Waals surface area (Å²) in [5, 5.41) is 40.5. The van der Waals surface area contributed by atoms with Gasteiger partial charge in [-0.3, -0.25) is 29.4 Å². The van der Waals surface area contributed by atoms with Gasteiger partial charge in [0, 0.05) is 64.3 Å². The Morgan fingerprint density at radius 1 is 0.333 bits per heavy atom. The van der Waals surface area contributed by atoms with E-state index in [0.29, 0.717) is 117 Å². The Morgan fingerprint density at radius 2 is 0.535 bits per heavy atom. The fraction of sp³-hybridized carbons (Fsp3) is 0.231. The van der Waals surface area contributed by atoms with E-state index in [1.807, 2.05) is 0 Å². The Labute approximate surface area is 607 Å². The third-order valence-corrected chi connectivity index (χ3v) is 19.3. The molecule has 0 aliphatic carbocycles. The van der Waals surface area contributed by atoms with Crippen LogP contribution in [-0.2, 0) is 17.2 Å². The van der Waals surface area contributed by atoms with E-state index in [2.05, 4.69) is 35.3 Å². The van der Waals surface area contributed by atoms with Crippen LogP contribution < -0.4 is 29.4 Å². The second kappa shape index (κ2) is 31.8. The Kier molecular flexibility index (Phi) is 23.3. The number of rotatable bonds is 18. The summed E-state index contributed by atoms with van der Waals surface area (Å²) in [6.45, 7) is 28.5. The van der Waals surface area contributed by atoms with Crippen LogP contribution in [0.5, 0.6) is 0 Å². The zero-order chi connectivity index (χ0) is 70.8. The van der Waals surface area contributed by atoms with Crippen LogP contribution in [0.15, 0.2) is 218 Å². The molecule has 0 aromatic heterocycles. The molecule has 3 aliphatic heterocycles. The highest BCUT2D eigenvalue weighted by atomic mass is 35.5. The van der Waals surface area contributed by atoms with Gasteiger partial charge in [-0.05, 0) is 200 Å². The van der Waals surface area contributed by atoms with Crippen LogP contribution in [-0.4, -0.2) is 51.5 Å². The van der Waals surface area contributed by atoms with Gasteiger partial charge in [0.05, 0.1) is 37.8 Å². The number of benzene rings is 9. The topological polar surface area (TPSA) is 144 Å². The number of unbranched alkanes of at least 4 members (excludes halogenated alkanes) is 3. The molecule has 0 radical (unpaired) electrons. The summed E-state index contributed by atoms with van der Waals surface area (Å²) in [7, 11) is 0. The lowest BCUT2D eigenvalue weighted by Crippen LogP contribution is -2.49. The van der Waals surface area contributed by atoms with E-state index in [9.17, 15) is 29.7 Å². The van der Waals surface area contributed by atoms with Gasteiger partial charge < -0.3 is 15.3 Å². The van der Waals surface area contributed by atoms with Crippen molar-refractivity contribution in [2.45, 2.75) is 114 Å². The molecule has 12 rings (SSSR count). The van der Waals surface area contributed by atoms with E-state index < -0.39 is 35.3 Å². The molecule has 9 aromatic rings. The zero-order valence-electron chi connectivity index (χ0n) is 54.2. The average Bonchev–Trinajstić information content (AvgIpc) is 1.59. The molecule has 99 heavy (non-hydrogen) atoms. The number of urea groups is 3. The highest BCUT2D eigenvalue weighted by Crippen LogP contribution is 2.51. The SMILES string of the molecule is [C-]#[N+]c1cccc(C2(O)C(CCCC)N(c3ccc(Cl)cc3)C(=O)N2c2ccc(Cl)cc2)c1.[C-]#[N+]c1cccc(C2(O)[C@@H](CCCC)N(c3ccc(Cl)cc3)C(=O)N2c2ccc(Cl)cc2)c1.[C-]#[N+]c1cccc(C2(O)[C@H](CCCC)N(c3ccc(Cl)cc3)C(=O)N2c2ccc(Cl)cc2)c1. The number of aliphatic hydroxyl groups is 3. The van der Waals surface area contributed by atoms with Crippen molar-refractivity contribution >= 4 is 139 Å². The molecule has 6 atom stereocenters. The van der Waals surface area contributed by atoms with Crippen molar-refractivity contribution in [2.24, 2.45) is 0 Å².